The first-order chi connectivity index (χ1) is 14.8. The Balaban J connectivity index is 1.97. The monoisotopic (exact) mass is 424 g/mol. The van der Waals surface area contributed by atoms with Gasteiger partial charge < -0.3 is 14.5 Å². The summed E-state index contributed by atoms with van der Waals surface area (Å²) < 4.78 is 10.7. The number of aromatic amines is 1. The van der Waals surface area contributed by atoms with Crippen molar-refractivity contribution < 1.29 is 23.9 Å². The molecular weight excluding hydrogens is 396 g/mol. The summed E-state index contributed by atoms with van der Waals surface area (Å²) in [6.45, 7) is 3.74. The number of Topliss-reactive ketones (excluding diaryl/α,β-unsaturated/α-hetero) is 1. The topological polar surface area (TPSA) is 88.7 Å². The maximum Gasteiger partial charge on any atom is 0.317 e. The van der Waals surface area contributed by atoms with Crippen LogP contribution in [0.4, 0.5) is 0 Å². The van der Waals surface area contributed by atoms with Crippen LogP contribution < -0.4 is 0 Å². The van der Waals surface area contributed by atoms with Crippen LogP contribution in [0.2, 0.25) is 0 Å². The number of H-pyrrole nitrogens is 1. The van der Waals surface area contributed by atoms with Crippen molar-refractivity contribution in [2.75, 3.05) is 27.3 Å². The molecule has 7 nitrogen and oxygen atoms in total. The molecule has 7 heteroatoms. The van der Waals surface area contributed by atoms with Gasteiger partial charge in [-0.1, -0.05) is 29.8 Å². The molecule has 0 radical (unpaired) electrons. The van der Waals surface area contributed by atoms with Crippen LogP contribution in [0.3, 0.4) is 0 Å². The quantitative estimate of drug-likeness (QED) is 0.602. The molecule has 0 amide bonds. The first-order valence-electron chi connectivity index (χ1n) is 10.5. The van der Waals surface area contributed by atoms with Gasteiger partial charge in [0.15, 0.2) is 5.78 Å². The second-order valence-electron chi connectivity index (χ2n) is 8.51. The van der Waals surface area contributed by atoms with E-state index < -0.39 is 23.3 Å². The third-order valence-electron chi connectivity index (χ3n) is 6.96. The molecule has 2 aromatic rings. The number of allylic oxidation sites excluding steroid dienone is 1. The van der Waals surface area contributed by atoms with Crippen LogP contribution in [0.1, 0.15) is 36.3 Å². The van der Waals surface area contributed by atoms with Crippen LogP contribution >= 0.6 is 0 Å². The Morgan fingerprint density at radius 2 is 2.03 bits per heavy atom. The Morgan fingerprint density at radius 1 is 1.29 bits per heavy atom. The van der Waals surface area contributed by atoms with E-state index in [1.165, 1.54) is 14.0 Å². The molecule has 2 heterocycles. The van der Waals surface area contributed by atoms with Crippen LogP contribution in [0.15, 0.2) is 35.9 Å². The van der Waals surface area contributed by atoms with Crippen molar-refractivity contribution in [3.63, 3.8) is 0 Å². The molecule has 1 fully saturated rings. The molecule has 0 spiro atoms. The molecule has 2 aliphatic rings. The van der Waals surface area contributed by atoms with Gasteiger partial charge in [0, 0.05) is 42.8 Å². The maximum absolute atomic E-state index is 13.5. The van der Waals surface area contributed by atoms with Gasteiger partial charge in [-0.15, -0.1) is 0 Å². The zero-order valence-electron chi connectivity index (χ0n) is 18.4. The van der Waals surface area contributed by atoms with Crippen molar-refractivity contribution in [3.05, 3.63) is 47.2 Å². The summed E-state index contributed by atoms with van der Waals surface area (Å²) in [6.07, 6.45) is 2.56. The summed E-state index contributed by atoms with van der Waals surface area (Å²) in [5.41, 5.74) is 2.20. The van der Waals surface area contributed by atoms with E-state index in [4.69, 9.17) is 9.47 Å². The fraction of sp³-hybridized carbons (Fsp3) is 0.458. The number of benzene rings is 1. The van der Waals surface area contributed by atoms with E-state index in [9.17, 15) is 14.4 Å². The number of carbonyl (C=O) groups is 3. The molecule has 4 rings (SSSR count). The predicted molar refractivity (Wildman–Crippen MR) is 116 cm³/mol. The summed E-state index contributed by atoms with van der Waals surface area (Å²) in [5.74, 6) is -1.38. The standard InChI is InChI=1S/C24H28N2O5/c1-5-15-12-26(3)21-10-17-16-8-6-7-9-19(16)25-22(17)20(28)11-18(15)24(21,23(29)30-4)13-31-14(2)27/h5-9,18,21,25H,10-13H2,1-4H3. The molecule has 2 bridgehead atoms. The highest BCUT2D eigenvalue weighted by atomic mass is 16.5. The van der Waals surface area contributed by atoms with E-state index in [1.807, 2.05) is 44.3 Å². The normalized spacial score (nSPS) is 27.5. The lowest BCUT2D eigenvalue weighted by Crippen LogP contribution is -2.64. The van der Waals surface area contributed by atoms with Crippen LogP contribution in [-0.4, -0.2) is 61.0 Å². The summed E-state index contributed by atoms with van der Waals surface area (Å²) in [4.78, 5) is 44.1. The number of para-hydroxylation sites is 1. The highest BCUT2D eigenvalue weighted by Gasteiger charge is 2.60. The van der Waals surface area contributed by atoms with Gasteiger partial charge in [-0.25, -0.2) is 0 Å². The van der Waals surface area contributed by atoms with Crippen molar-refractivity contribution in [2.24, 2.45) is 11.3 Å². The molecular formula is C24H28N2O5. The van der Waals surface area contributed by atoms with Gasteiger partial charge >= 0.3 is 11.9 Å². The molecule has 3 unspecified atom stereocenters. The molecule has 1 aromatic carbocycles. The number of hydrogen-bond donors (Lipinski definition) is 1. The summed E-state index contributed by atoms with van der Waals surface area (Å²) in [7, 11) is 3.31. The number of likely N-dealkylation sites (tertiary alicyclic amines) is 1. The van der Waals surface area contributed by atoms with Gasteiger partial charge in [-0.2, -0.15) is 0 Å². The van der Waals surface area contributed by atoms with Crippen LogP contribution in [0, 0.1) is 11.3 Å². The first kappa shape index (κ1) is 21.3. The molecule has 1 aromatic heterocycles. The van der Waals surface area contributed by atoms with E-state index in [-0.39, 0.29) is 24.9 Å². The lowest BCUT2D eigenvalue weighted by Gasteiger charge is -2.52. The van der Waals surface area contributed by atoms with E-state index in [0.29, 0.717) is 18.7 Å². The second-order valence-corrected chi connectivity index (χ2v) is 8.51. The van der Waals surface area contributed by atoms with E-state index in [2.05, 4.69) is 9.88 Å². The number of hydrogen-bond acceptors (Lipinski definition) is 6. The SMILES string of the molecule is CC=C1CN(C)C2Cc3c([nH]c4ccccc34)C(=O)CC1C2(COC(C)=O)C(=O)OC. The molecule has 1 N–H and O–H groups in total. The lowest BCUT2D eigenvalue weighted by molar-refractivity contribution is -0.174. The van der Waals surface area contributed by atoms with Crippen molar-refractivity contribution in [1.82, 2.24) is 9.88 Å². The third-order valence-corrected chi connectivity index (χ3v) is 6.96. The minimum atomic E-state index is -1.18. The number of methoxy groups -OCH3 is 1. The molecule has 3 atom stereocenters. The maximum atomic E-state index is 13.5. The van der Waals surface area contributed by atoms with Gasteiger partial charge in [0.1, 0.15) is 12.0 Å². The van der Waals surface area contributed by atoms with Crippen LogP contribution in [0.5, 0.6) is 0 Å². The zero-order chi connectivity index (χ0) is 22.3. The second kappa shape index (κ2) is 7.96. The minimum Gasteiger partial charge on any atom is -0.468 e. The summed E-state index contributed by atoms with van der Waals surface area (Å²) >= 11 is 0. The smallest absolute Gasteiger partial charge is 0.317 e. The molecule has 31 heavy (non-hydrogen) atoms. The Labute approximate surface area is 181 Å². The average molecular weight is 424 g/mol. The number of esters is 2. The number of carbonyl (C=O) groups excluding carboxylic acids is 3. The Hall–Kier alpha value is -2.93. The van der Waals surface area contributed by atoms with Crippen molar-refractivity contribution in [3.8, 4) is 0 Å². The molecule has 1 aliphatic heterocycles. The molecule has 164 valence electrons. The number of ketones is 1. The number of nitrogens with one attached hydrogen (secondary N) is 1. The number of piperidine rings is 1. The van der Waals surface area contributed by atoms with Crippen molar-refractivity contribution >= 4 is 28.6 Å². The van der Waals surface area contributed by atoms with Crippen molar-refractivity contribution in [1.29, 1.82) is 0 Å². The number of fused-ring (bicyclic) bond motifs is 5. The number of rotatable bonds is 3. The third kappa shape index (κ3) is 3.28. The van der Waals surface area contributed by atoms with Crippen LogP contribution in [0.25, 0.3) is 10.9 Å². The van der Waals surface area contributed by atoms with Crippen molar-refractivity contribution in [2.45, 2.75) is 32.7 Å². The molecule has 1 saturated heterocycles. The Kier molecular flexibility index (Phi) is 5.47. The highest BCUT2D eigenvalue weighted by Crippen LogP contribution is 2.49. The molecule has 0 saturated carbocycles. The van der Waals surface area contributed by atoms with Gasteiger partial charge in [0.2, 0.25) is 0 Å². The first-order valence-corrected chi connectivity index (χ1v) is 10.5. The van der Waals surface area contributed by atoms with E-state index in [1.54, 1.807) is 0 Å². The van der Waals surface area contributed by atoms with Crippen LogP contribution in [-0.2, 0) is 25.5 Å². The number of likely N-dealkylation sites (N-methyl/N-ethyl adjacent to an activating group) is 1. The number of ether oxygens (including phenoxy) is 2. The Bertz CT molecular complexity index is 1080. The van der Waals surface area contributed by atoms with Gasteiger partial charge in [0.05, 0.1) is 12.8 Å². The van der Waals surface area contributed by atoms with E-state index in [0.717, 1.165) is 22.0 Å². The Morgan fingerprint density at radius 3 is 2.71 bits per heavy atom. The highest BCUT2D eigenvalue weighted by molar-refractivity contribution is 6.03. The fourth-order valence-corrected chi connectivity index (χ4v) is 5.48. The van der Waals surface area contributed by atoms with E-state index >= 15 is 0 Å². The minimum absolute atomic E-state index is 0.0466. The fourth-order valence-electron chi connectivity index (χ4n) is 5.48. The van der Waals surface area contributed by atoms with Gasteiger partial charge in [0.25, 0.3) is 0 Å². The molecule has 1 aliphatic carbocycles. The average Bonchev–Trinajstić information content (AvgIpc) is 3.12. The zero-order valence-corrected chi connectivity index (χ0v) is 18.4. The summed E-state index contributed by atoms with van der Waals surface area (Å²) in [6, 6.07) is 7.51. The predicted octanol–water partition coefficient (Wildman–Crippen LogP) is 2.90. The number of aromatic nitrogens is 1. The van der Waals surface area contributed by atoms with Gasteiger partial charge in [-0.05, 0) is 32.0 Å². The van der Waals surface area contributed by atoms with Gasteiger partial charge in [-0.3, -0.25) is 19.3 Å². The lowest BCUT2D eigenvalue weighted by atomic mass is 9.60. The largest absolute Gasteiger partial charge is 0.468 e. The number of nitrogens with zero attached hydrogens (tertiary/aromatic N) is 1. The summed E-state index contributed by atoms with van der Waals surface area (Å²) in [5, 5.41) is 0.973.